The quantitative estimate of drug-likeness (QED) is 0.843. The van der Waals surface area contributed by atoms with E-state index in [0.29, 0.717) is 16.5 Å². The first-order chi connectivity index (χ1) is 11.1. The second-order valence-corrected chi connectivity index (χ2v) is 7.62. The predicted molar refractivity (Wildman–Crippen MR) is 85.9 cm³/mol. The van der Waals surface area contributed by atoms with E-state index in [-0.39, 0.29) is 18.7 Å². The summed E-state index contributed by atoms with van der Waals surface area (Å²) < 4.78 is 32.4. The maximum absolute atomic E-state index is 12.7. The fourth-order valence-corrected chi connectivity index (χ4v) is 4.10. The summed E-state index contributed by atoms with van der Waals surface area (Å²) in [7, 11) is -3.50. The van der Waals surface area contributed by atoms with Crippen LogP contribution in [-0.4, -0.2) is 41.9 Å². The maximum atomic E-state index is 12.7. The molecule has 1 aliphatic heterocycles. The first-order valence-electron chi connectivity index (χ1n) is 7.25. The Morgan fingerprint density at radius 2 is 1.87 bits per heavy atom. The summed E-state index contributed by atoms with van der Waals surface area (Å²) in [5.41, 5.74) is 0. The summed E-state index contributed by atoms with van der Waals surface area (Å²) in [6.45, 7) is 0.766. The van der Waals surface area contributed by atoms with Crippen LogP contribution in [0.1, 0.15) is 12.8 Å². The van der Waals surface area contributed by atoms with Gasteiger partial charge in [-0.3, -0.25) is 0 Å². The van der Waals surface area contributed by atoms with Crippen molar-refractivity contribution in [2.24, 2.45) is 0 Å². The molecule has 0 radical (unpaired) electrons. The molecule has 8 heteroatoms. The predicted octanol–water partition coefficient (Wildman–Crippen LogP) is 2.36. The van der Waals surface area contributed by atoms with E-state index < -0.39 is 10.0 Å². The third-order valence-electron chi connectivity index (χ3n) is 3.59. The zero-order valence-electron chi connectivity index (χ0n) is 12.3. The van der Waals surface area contributed by atoms with Gasteiger partial charge in [0.2, 0.25) is 10.0 Å². The standard InChI is InChI=1S/C15H16ClN3O3S/c16-12-9-17-15(18-10-12)22-13-5-4-8-19(11-13)23(20,21)14-6-2-1-3-7-14/h1-3,6-7,9-10,13H,4-5,8,11H2. The van der Waals surface area contributed by atoms with Gasteiger partial charge in [-0.25, -0.2) is 18.4 Å². The first-order valence-corrected chi connectivity index (χ1v) is 9.07. The van der Waals surface area contributed by atoms with E-state index in [1.54, 1.807) is 30.3 Å². The summed E-state index contributed by atoms with van der Waals surface area (Å²) in [5.74, 6) is 0. The van der Waals surface area contributed by atoms with Crippen molar-refractivity contribution in [3.05, 3.63) is 47.7 Å². The molecule has 1 aliphatic rings. The summed E-state index contributed by atoms with van der Waals surface area (Å²) in [4.78, 5) is 8.26. The summed E-state index contributed by atoms with van der Waals surface area (Å²) in [6.07, 6.45) is 4.11. The molecule has 1 atom stereocenters. The SMILES string of the molecule is O=S(=O)(c1ccccc1)N1CCCC(Oc2ncc(Cl)cn2)C1. The third kappa shape index (κ3) is 3.80. The highest BCUT2D eigenvalue weighted by atomic mass is 35.5. The zero-order chi connectivity index (χ0) is 16.3. The van der Waals surface area contributed by atoms with Crippen LogP contribution in [0.5, 0.6) is 6.01 Å². The van der Waals surface area contributed by atoms with E-state index in [2.05, 4.69) is 9.97 Å². The number of piperidine rings is 1. The lowest BCUT2D eigenvalue weighted by Crippen LogP contribution is -2.44. The van der Waals surface area contributed by atoms with Crippen LogP contribution in [0.4, 0.5) is 0 Å². The molecule has 122 valence electrons. The molecule has 1 aromatic heterocycles. The fraction of sp³-hybridized carbons (Fsp3) is 0.333. The normalized spacial score (nSPS) is 19.4. The molecule has 2 aromatic rings. The van der Waals surface area contributed by atoms with Gasteiger partial charge in [-0.15, -0.1) is 0 Å². The van der Waals surface area contributed by atoms with Crippen molar-refractivity contribution < 1.29 is 13.2 Å². The molecule has 0 aliphatic carbocycles. The Bertz CT molecular complexity index is 753. The highest BCUT2D eigenvalue weighted by Crippen LogP contribution is 2.22. The lowest BCUT2D eigenvalue weighted by Gasteiger charge is -2.31. The number of benzene rings is 1. The van der Waals surface area contributed by atoms with Gasteiger partial charge in [0, 0.05) is 6.54 Å². The number of rotatable bonds is 4. The Labute approximate surface area is 140 Å². The van der Waals surface area contributed by atoms with Crippen molar-refractivity contribution >= 4 is 21.6 Å². The highest BCUT2D eigenvalue weighted by Gasteiger charge is 2.31. The molecule has 1 saturated heterocycles. The Hall–Kier alpha value is -1.70. The molecule has 0 spiro atoms. The van der Waals surface area contributed by atoms with Crippen LogP contribution in [0.2, 0.25) is 5.02 Å². The second-order valence-electron chi connectivity index (χ2n) is 5.24. The van der Waals surface area contributed by atoms with Crippen LogP contribution in [-0.2, 0) is 10.0 Å². The van der Waals surface area contributed by atoms with Crippen LogP contribution < -0.4 is 4.74 Å². The van der Waals surface area contributed by atoms with E-state index in [4.69, 9.17) is 16.3 Å². The van der Waals surface area contributed by atoms with Crippen LogP contribution in [0.25, 0.3) is 0 Å². The van der Waals surface area contributed by atoms with Crippen LogP contribution in [0.3, 0.4) is 0 Å². The van der Waals surface area contributed by atoms with Crippen molar-refractivity contribution in [2.75, 3.05) is 13.1 Å². The average Bonchev–Trinajstić information content (AvgIpc) is 2.58. The molecule has 1 unspecified atom stereocenters. The minimum atomic E-state index is -3.50. The van der Waals surface area contributed by atoms with E-state index in [1.165, 1.54) is 16.7 Å². The number of hydrogen-bond acceptors (Lipinski definition) is 5. The topological polar surface area (TPSA) is 72.4 Å². The lowest BCUT2D eigenvalue weighted by molar-refractivity contribution is 0.119. The number of hydrogen-bond donors (Lipinski definition) is 0. The summed E-state index contributed by atoms with van der Waals surface area (Å²) >= 11 is 5.74. The number of nitrogens with zero attached hydrogens (tertiary/aromatic N) is 3. The maximum Gasteiger partial charge on any atom is 0.316 e. The van der Waals surface area contributed by atoms with Gasteiger partial charge in [0.15, 0.2) is 0 Å². The second kappa shape index (κ2) is 6.82. The molecule has 0 amide bonds. The van der Waals surface area contributed by atoms with Crippen LogP contribution >= 0.6 is 11.6 Å². The molecule has 1 fully saturated rings. The number of halogens is 1. The van der Waals surface area contributed by atoms with Crippen molar-refractivity contribution in [3.8, 4) is 6.01 Å². The third-order valence-corrected chi connectivity index (χ3v) is 5.67. The molecule has 6 nitrogen and oxygen atoms in total. The van der Waals surface area contributed by atoms with E-state index in [0.717, 1.165) is 12.8 Å². The van der Waals surface area contributed by atoms with Gasteiger partial charge in [0.25, 0.3) is 0 Å². The van der Waals surface area contributed by atoms with Crippen molar-refractivity contribution in [2.45, 2.75) is 23.8 Å². The minimum absolute atomic E-state index is 0.207. The fourth-order valence-electron chi connectivity index (χ4n) is 2.47. The summed E-state index contributed by atoms with van der Waals surface area (Å²) in [6, 6.07) is 8.63. The molecule has 3 rings (SSSR count). The molecule has 1 aromatic carbocycles. The highest BCUT2D eigenvalue weighted by molar-refractivity contribution is 7.89. The Kier molecular flexibility index (Phi) is 4.79. The Balaban J connectivity index is 1.72. The Morgan fingerprint density at radius 1 is 1.17 bits per heavy atom. The van der Waals surface area contributed by atoms with Gasteiger partial charge < -0.3 is 4.74 Å². The van der Waals surface area contributed by atoms with Gasteiger partial charge in [-0.2, -0.15) is 4.31 Å². The van der Waals surface area contributed by atoms with Gasteiger partial charge in [0.1, 0.15) is 6.10 Å². The van der Waals surface area contributed by atoms with Crippen molar-refractivity contribution in [1.29, 1.82) is 0 Å². The van der Waals surface area contributed by atoms with E-state index in [9.17, 15) is 8.42 Å². The van der Waals surface area contributed by atoms with Crippen molar-refractivity contribution in [3.63, 3.8) is 0 Å². The zero-order valence-corrected chi connectivity index (χ0v) is 13.9. The molecule has 0 saturated carbocycles. The van der Waals surface area contributed by atoms with Gasteiger partial charge in [-0.05, 0) is 25.0 Å². The molecule has 23 heavy (non-hydrogen) atoms. The Morgan fingerprint density at radius 3 is 2.57 bits per heavy atom. The number of aromatic nitrogens is 2. The lowest BCUT2D eigenvalue weighted by atomic mass is 10.1. The molecule has 0 N–H and O–H groups in total. The molecular formula is C15H16ClN3O3S. The summed E-state index contributed by atoms with van der Waals surface area (Å²) in [5, 5.41) is 0.425. The first kappa shape index (κ1) is 16.2. The smallest absolute Gasteiger partial charge is 0.316 e. The van der Waals surface area contributed by atoms with Gasteiger partial charge >= 0.3 is 6.01 Å². The monoisotopic (exact) mass is 353 g/mol. The van der Waals surface area contributed by atoms with Crippen LogP contribution in [0, 0.1) is 0 Å². The van der Waals surface area contributed by atoms with Gasteiger partial charge in [-0.1, -0.05) is 29.8 Å². The van der Waals surface area contributed by atoms with Gasteiger partial charge in [0.05, 0.1) is 28.9 Å². The van der Waals surface area contributed by atoms with Crippen molar-refractivity contribution in [1.82, 2.24) is 14.3 Å². The largest absolute Gasteiger partial charge is 0.459 e. The van der Waals surface area contributed by atoms with E-state index >= 15 is 0 Å². The number of sulfonamides is 1. The van der Waals surface area contributed by atoms with E-state index in [1.807, 2.05) is 0 Å². The number of ether oxygens (including phenoxy) is 1. The molecular weight excluding hydrogens is 338 g/mol. The molecule has 0 bridgehead atoms. The molecule has 2 heterocycles. The van der Waals surface area contributed by atoms with Crippen LogP contribution in [0.15, 0.2) is 47.6 Å². The minimum Gasteiger partial charge on any atom is -0.459 e. The average molecular weight is 354 g/mol.